The van der Waals surface area contributed by atoms with Gasteiger partial charge >= 0.3 is 5.97 Å². The zero-order chi connectivity index (χ0) is 18.9. The van der Waals surface area contributed by atoms with Crippen LogP contribution in [-0.4, -0.2) is 17.2 Å². The second kappa shape index (κ2) is 5.62. The molecule has 0 saturated heterocycles. The van der Waals surface area contributed by atoms with Crippen LogP contribution in [0.4, 0.5) is 0 Å². The van der Waals surface area contributed by atoms with Gasteiger partial charge in [0, 0.05) is 5.41 Å². The third kappa shape index (κ3) is 2.15. The second-order valence-electron chi connectivity index (χ2n) is 10.2. The number of hydrogen-bond donors (Lipinski definition) is 1. The van der Waals surface area contributed by atoms with Crippen molar-refractivity contribution in [3.05, 3.63) is 24.5 Å². The maximum Gasteiger partial charge on any atom is 0.309 e. The predicted octanol–water partition coefficient (Wildman–Crippen LogP) is 5.57. The molecule has 4 aliphatic carbocycles. The van der Waals surface area contributed by atoms with Crippen LogP contribution in [0.25, 0.3) is 0 Å². The third-order valence-electron chi connectivity index (χ3n) is 8.99. The molecule has 0 amide bonds. The van der Waals surface area contributed by atoms with Gasteiger partial charge in [0.2, 0.25) is 0 Å². The second-order valence-corrected chi connectivity index (χ2v) is 10.2. The Hall–Kier alpha value is -1.25. The predicted molar refractivity (Wildman–Crippen MR) is 103 cm³/mol. The lowest BCUT2D eigenvalue weighted by Gasteiger charge is -2.63. The lowest BCUT2D eigenvalue weighted by Crippen LogP contribution is -2.60. The molecule has 0 aromatic heterocycles. The van der Waals surface area contributed by atoms with Crippen LogP contribution in [0.3, 0.4) is 0 Å². The van der Waals surface area contributed by atoms with E-state index in [-0.39, 0.29) is 22.9 Å². The normalized spacial score (nSPS) is 49.9. The molecule has 3 nitrogen and oxygen atoms in total. The molecule has 0 heterocycles. The number of aliphatic carboxylic acids is 1. The molecule has 7 unspecified atom stereocenters. The molecule has 0 aliphatic heterocycles. The molecular weight excluding hydrogens is 324 g/mol. The zero-order valence-corrected chi connectivity index (χ0v) is 16.6. The van der Waals surface area contributed by atoms with Gasteiger partial charge in [-0.25, -0.2) is 0 Å². The highest BCUT2D eigenvalue weighted by Crippen LogP contribution is 2.72. The fraction of sp³-hybridized carbons (Fsp3) is 0.783. The number of carboxylic acid groups (broad SMARTS) is 1. The van der Waals surface area contributed by atoms with Gasteiger partial charge in [0.05, 0.1) is 11.2 Å². The van der Waals surface area contributed by atoms with Gasteiger partial charge in [-0.1, -0.05) is 26.5 Å². The summed E-state index contributed by atoms with van der Waals surface area (Å²) < 4.78 is 6.31. The Labute approximate surface area is 157 Å². The van der Waals surface area contributed by atoms with Crippen LogP contribution in [0.15, 0.2) is 24.5 Å². The monoisotopic (exact) mass is 358 g/mol. The van der Waals surface area contributed by atoms with Crippen molar-refractivity contribution in [2.24, 2.45) is 34.0 Å². The minimum Gasteiger partial charge on any atom is -0.491 e. The fourth-order valence-electron chi connectivity index (χ4n) is 7.98. The molecule has 26 heavy (non-hydrogen) atoms. The summed E-state index contributed by atoms with van der Waals surface area (Å²) in [6.45, 7) is 14.8. The number of fused-ring (bicyclic) bond motifs is 3. The van der Waals surface area contributed by atoms with Crippen molar-refractivity contribution in [3.8, 4) is 0 Å². The van der Waals surface area contributed by atoms with Gasteiger partial charge in [-0.05, 0) is 87.5 Å². The highest BCUT2D eigenvalue weighted by molar-refractivity contribution is 5.75. The molecule has 3 heteroatoms. The Bertz CT molecular complexity index is 666. The van der Waals surface area contributed by atoms with Gasteiger partial charge < -0.3 is 9.84 Å². The number of carbonyl (C=O) groups is 1. The number of carboxylic acids is 1. The number of rotatable bonds is 3. The van der Waals surface area contributed by atoms with Gasteiger partial charge in [0.25, 0.3) is 0 Å². The van der Waals surface area contributed by atoms with Crippen molar-refractivity contribution >= 4 is 5.97 Å². The Morgan fingerprint density at radius 1 is 1.15 bits per heavy atom. The van der Waals surface area contributed by atoms with Gasteiger partial charge in [0.15, 0.2) is 0 Å². The van der Waals surface area contributed by atoms with Crippen molar-refractivity contribution in [1.29, 1.82) is 0 Å². The molecule has 4 aliphatic rings. The summed E-state index contributed by atoms with van der Waals surface area (Å²) in [7, 11) is 0. The number of ether oxygens (including phenoxy) is 1. The first-order valence-corrected chi connectivity index (χ1v) is 10.4. The molecule has 4 rings (SSSR count). The van der Waals surface area contributed by atoms with E-state index in [1.165, 1.54) is 24.8 Å². The van der Waals surface area contributed by atoms with Crippen LogP contribution in [0.1, 0.15) is 72.1 Å². The summed E-state index contributed by atoms with van der Waals surface area (Å²) in [6.07, 6.45) is 8.73. The van der Waals surface area contributed by atoms with Gasteiger partial charge in [-0.2, -0.15) is 0 Å². The lowest BCUT2D eigenvalue weighted by molar-refractivity contribution is -0.191. The van der Waals surface area contributed by atoms with Gasteiger partial charge in [-0.15, -0.1) is 0 Å². The minimum atomic E-state index is -0.594. The van der Waals surface area contributed by atoms with E-state index in [9.17, 15) is 9.90 Å². The molecule has 0 radical (unpaired) electrons. The fourth-order valence-corrected chi connectivity index (χ4v) is 7.98. The first kappa shape index (κ1) is 18.1. The van der Waals surface area contributed by atoms with Crippen molar-refractivity contribution < 1.29 is 14.6 Å². The molecule has 144 valence electrons. The van der Waals surface area contributed by atoms with Crippen LogP contribution in [-0.2, 0) is 9.53 Å². The minimum absolute atomic E-state index is 0.0771. The summed E-state index contributed by atoms with van der Waals surface area (Å²) in [5.41, 5.74) is 0.928. The van der Waals surface area contributed by atoms with Crippen LogP contribution >= 0.6 is 0 Å². The topological polar surface area (TPSA) is 46.5 Å². The van der Waals surface area contributed by atoms with Crippen LogP contribution in [0.2, 0.25) is 0 Å². The smallest absolute Gasteiger partial charge is 0.309 e. The summed E-state index contributed by atoms with van der Waals surface area (Å²) in [6, 6.07) is 0. The van der Waals surface area contributed by atoms with Crippen molar-refractivity contribution in [3.63, 3.8) is 0 Å². The summed E-state index contributed by atoms with van der Waals surface area (Å²) >= 11 is 0. The first-order valence-electron chi connectivity index (χ1n) is 10.4. The Balaban J connectivity index is 1.77. The van der Waals surface area contributed by atoms with Crippen molar-refractivity contribution in [2.45, 2.75) is 78.2 Å². The molecule has 4 fully saturated rings. The third-order valence-corrected chi connectivity index (χ3v) is 8.99. The molecule has 1 N–H and O–H groups in total. The van der Waals surface area contributed by atoms with E-state index in [1.54, 1.807) is 0 Å². The largest absolute Gasteiger partial charge is 0.491 e. The van der Waals surface area contributed by atoms with E-state index in [4.69, 9.17) is 4.74 Å². The summed E-state index contributed by atoms with van der Waals surface area (Å²) in [5, 5.41) is 10.0. The number of allylic oxidation sites excluding steroid dienone is 1. The molecule has 7 atom stereocenters. The molecule has 0 aromatic rings. The standard InChI is InChI=1S/C23H34O3/c1-14(2)26-19-15(3)16-7-8-18-21(4)10-6-11-22(5,20(24)25)17(21)9-12-23(18,19)13-16/h16-19H,1,3,6-13H2,2,4-5H3,(H,24,25). The molecule has 1 spiro atoms. The highest BCUT2D eigenvalue weighted by atomic mass is 16.5. The average molecular weight is 359 g/mol. The maximum absolute atomic E-state index is 12.2. The first-order chi connectivity index (χ1) is 12.1. The van der Waals surface area contributed by atoms with Crippen LogP contribution in [0, 0.1) is 34.0 Å². The van der Waals surface area contributed by atoms with E-state index < -0.39 is 11.4 Å². The Morgan fingerprint density at radius 3 is 2.54 bits per heavy atom. The van der Waals surface area contributed by atoms with Crippen molar-refractivity contribution in [2.75, 3.05) is 0 Å². The molecular formula is C23H34O3. The van der Waals surface area contributed by atoms with E-state index in [2.05, 4.69) is 20.1 Å². The molecule has 2 bridgehead atoms. The van der Waals surface area contributed by atoms with Gasteiger partial charge in [-0.3, -0.25) is 4.79 Å². The summed E-state index contributed by atoms with van der Waals surface area (Å²) in [5.74, 6) is 1.57. The molecule has 4 saturated carbocycles. The lowest BCUT2D eigenvalue weighted by atomic mass is 9.40. The van der Waals surface area contributed by atoms with Gasteiger partial charge in [0.1, 0.15) is 6.10 Å². The van der Waals surface area contributed by atoms with E-state index in [0.717, 1.165) is 37.9 Å². The quantitative estimate of drug-likeness (QED) is 0.530. The highest BCUT2D eigenvalue weighted by Gasteiger charge is 2.68. The maximum atomic E-state index is 12.2. The summed E-state index contributed by atoms with van der Waals surface area (Å²) in [4.78, 5) is 12.2. The van der Waals surface area contributed by atoms with Crippen LogP contribution < -0.4 is 0 Å². The van der Waals surface area contributed by atoms with Crippen molar-refractivity contribution in [1.82, 2.24) is 0 Å². The van der Waals surface area contributed by atoms with E-state index >= 15 is 0 Å². The Morgan fingerprint density at radius 2 is 1.88 bits per heavy atom. The number of hydrogen-bond acceptors (Lipinski definition) is 2. The molecule has 0 aromatic carbocycles. The zero-order valence-electron chi connectivity index (χ0n) is 16.6. The average Bonchev–Trinajstić information content (AvgIpc) is 2.75. The Kier molecular flexibility index (Phi) is 3.92. The SMILES string of the molecule is C=C(C)OC1C(=C)C2CCC3C4(C)CCCC(C)(C(=O)O)C4CCC13C2. The van der Waals surface area contributed by atoms with E-state index in [1.807, 2.05) is 13.8 Å². The van der Waals surface area contributed by atoms with Crippen LogP contribution in [0.5, 0.6) is 0 Å². The van der Waals surface area contributed by atoms with E-state index in [0.29, 0.717) is 11.8 Å².